The number of amides is 2. The standard InChI is InChI=1S/C20H32N2O2/c1-20(2)12-9-18(10-13-20)22(3)19(24)21-15-17(11-14-23)16-7-5-4-6-8-16/h4-8,17-18,23H,9-15H2,1-3H3,(H,21,24). The molecule has 0 aliphatic heterocycles. The monoisotopic (exact) mass is 332 g/mol. The molecule has 1 aromatic carbocycles. The van der Waals surface area contributed by atoms with Crippen LogP contribution in [0, 0.1) is 5.41 Å². The zero-order valence-corrected chi connectivity index (χ0v) is 15.3. The molecule has 1 fully saturated rings. The first-order valence-electron chi connectivity index (χ1n) is 9.09. The van der Waals surface area contributed by atoms with E-state index >= 15 is 0 Å². The van der Waals surface area contributed by atoms with Gasteiger partial charge in [-0.3, -0.25) is 0 Å². The number of benzene rings is 1. The third-order valence-corrected chi connectivity index (χ3v) is 5.42. The normalized spacial score (nSPS) is 18.8. The van der Waals surface area contributed by atoms with Crippen LogP contribution in [0.5, 0.6) is 0 Å². The van der Waals surface area contributed by atoms with Crippen LogP contribution < -0.4 is 5.32 Å². The Kier molecular flexibility index (Phi) is 6.67. The number of carbonyl (C=O) groups excluding carboxylic acids is 1. The van der Waals surface area contributed by atoms with Crippen LogP contribution in [0.4, 0.5) is 4.79 Å². The summed E-state index contributed by atoms with van der Waals surface area (Å²) in [6.45, 7) is 5.31. The number of nitrogens with zero attached hydrogens (tertiary/aromatic N) is 1. The second-order valence-electron chi connectivity index (χ2n) is 7.81. The molecule has 134 valence electrons. The van der Waals surface area contributed by atoms with E-state index in [-0.39, 0.29) is 18.6 Å². The maximum absolute atomic E-state index is 12.5. The SMILES string of the molecule is CN(C(=O)NCC(CCO)c1ccccc1)C1CCC(C)(C)CC1. The molecule has 0 aromatic heterocycles. The number of aliphatic hydroxyl groups is 1. The lowest BCUT2D eigenvalue weighted by Gasteiger charge is -2.38. The lowest BCUT2D eigenvalue weighted by atomic mass is 9.75. The summed E-state index contributed by atoms with van der Waals surface area (Å²) in [4.78, 5) is 14.4. The van der Waals surface area contributed by atoms with Gasteiger partial charge >= 0.3 is 6.03 Å². The highest BCUT2D eigenvalue weighted by atomic mass is 16.3. The predicted octanol–water partition coefficient (Wildman–Crippen LogP) is 3.76. The molecule has 1 saturated carbocycles. The van der Waals surface area contributed by atoms with E-state index in [0.29, 0.717) is 24.4 Å². The largest absolute Gasteiger partial charge is 0.396 e. The molecule has 0 bridgehead atoms. The van der Waals surface area contributed by atoms with Crippen molar-refractivity contribution in [2.45, 2.75) is 57.9 Å². The van der Waals surface area contributed by atoms with Gasteiger partial charge in [0.05, 0.1) is 0 Å². The number of nitrogens with one attached hydrogen (secondary N) is 1. The number of hydrogen-bond acceptors (Lipinski definition) is 2. The van der Waals surface area contributed by atoms with E-state index in [1.165, 1.54) is 12.8 Å². The summed E-state index contributed by atoms with van der Waals surface area (Å²) in [5.74, 6) is 0.152. The van der Waals surface area contributed by atoms with Crippen molar-refractivity contribution in [1.29, 1.82) is 0 Å². The van der Waals surface area contributed by atoms with E-state index in [2.05, 4.69) is 31.3 Å². The molecule has 0 saturated heterocycles. The van der Waals surface area contributed by atoms with Crippen molar-refractivity contribution < 1.29 is 9.90 Å². The highest BCUT2D eigenvalue weighted by Gasteiger charge is 2.30. The van der Waals surface area contributed by atoms with Crippen molar-refractivity contribution in [1.82, 2.24) is 10.2 Å². The van der Waals surface area contributed by atoms with Crippen molar-refractivity contribution in [2.24, 2.45) is 5.41 Å². The number of carbonyl (C=O) groups is 1. The summed E-state index contributed by atoms with van der Waals surface area (Å²) in [6.07, 6.45) is 5.16. The molecule has 1 aliphatic rings. The van der Waals surface area contributed by atoms with Crippen LogP contribution in [0.1, 0.15) is 57.4 Å². The Bertz CT molecular complexity index is 506. The fourth-order valence-electron chi connectivity index (χ4n) is 3.54. The summed E-state index contributed by atoms with van der Waals surface area (Å²) < 4.78 is 0. The van der Waals surface area contributed by atoms with Gasteiger partial charge in [-0.05, 0) is 43.1 Å². The van der Waals surface area contributed by atoms with E-state index < -0.39 is 0 Å². The number of hydrogen-bond donors (Lipinski definition) is 2. The van der Waals surface area contributed by atoms with Gasteiger partial charge < -0.3 is 15.3 Å². The molecule has 2 N–H and O–H groups in total. The van der Waals surface area contributed by atoms with Gasteiger partial charge in [-0.25, -0.2) is 4.79 Å². The van der Waals surface area contributed by atoms with Crippen LogP contribution in [0.25, 0.3) is 0 Å². The number of aliphatic hydroxyl groups excluding tert-OH is 1. The van der Waals surface area contributed by atoms with Gasteiger partial charge in [-0.2, -0.15) is 0 Å². The predicted molar refractivity (Wildman–Crippen MR) is 98.1 cm³/mol. The maximum atomic E-state index is 12.5. The van der Waals surface area contributed by atoms with Crippen LogP contribution in [0.15, 0.2) is 30.3 Å². The molecular formula is C20H32N2O2. The molecule has 1 aromatic rings. The van der Waals surface area contributed by atoms with Crippen molar-refractivity contribution in [2.75, 3.05) is 20.2 Å². The molecule has 0 radical (unpaired) electrons. The van der Waals surface area contributed by atoms with Gasteiger partial charge in [-0.1, -0.05) is 44.2 Å². The molecular weight excluding hydrogens is 300 g/mol. The molecule has 0 heterocycles. The fourth-order valence-corrected chi connectivity index (χ4v) is 3.54. The van der Waals surface area contributed by atoms with Crippen molar-refractivity contribution in [3.63, 3.8) is 0 Å². The van der Waals surface area contributed by atoms with Gasteiger partial charge in [0.15, 0.2) is 0 Å². The molecule has 24 heavy (non-hydrogen) atoms. The second kappa shape index (κ2) is 8.52. The van der Waals surface area contributed by atoms with Gasteiger partial charge in [0.2, 0.25) is 0 Å². The summed E-state index contributed by atoms with van der Waals surface area (Å²) in [7, 11) is 1.90. The van der Waals surface area contributed by atoms with E-state index in [0.717, 1.165) is 18.4 Å². The zero-order valence-electron chi connectivity index (χ0n) is 15.3. The summed E-state index contributed by atoms with van der Waals surface area (Å²) in [5.41, 5.74) is 1.57. The molecule has 4 heteroatoms. The highest BCUT2D eigenvalue weighted by Crippen LogP contribution is 2.36. The zero-order chi connectivity index (χ0) is 17.6. The first-order valence-corrected chi connectivity index (χ1v) is 9.09. The average Bonchev–Trinajstić information content (AvgIpc) is 2.58. The number of rotatable bonds is 6. The molecule has 2 amide bonds. The molecule has 1 aliphatic carbocycles. The van der Waals surface area contributed by atoms with E-state index in [4.69, 9.17) is 0 Å². The van der Waals surface area contributed by atoms with Gasteiger partial charge in [-0.15, -0.1) is 0 Å². The van der Waals surface area contributed by atoms with Crippen LogP contribution in [0.3, 0.4) is 0 Å². The Labute approximate surface area is 146 Å². The minimum atomic E-state index is -0.00132. The fraction of sp³-hybridized carbons (Fsp3) is 0.650. The quantitative estimate of drug-likeness (QED) is 0.833. The van der Waals surface area contributed by atoms with E-state index in [1.54, 1.807) is 0 Å². The summed E-state index contributed by atoms with van der Waals surface area (Å²) in [6, 6.07) is 10.4. The topological polar surface area (TPSA) is 52.6 Å². The van der Waals surface area contributed by atoms with Crippen molar-refractivity contribution in [3.8, 4) is 0 Å². The lowest BCUT2D eigenvalue weighted by Crippen LogP contribution is -2.46. The average molecular weight is 332 g/mol. The number of urea groups is 1. The van der Waals surface area contributed by atoms with Crippen LogP contribution in [-0.2, 0) is 0 Å². The molecule has 1 atom stereocenters. The third kappa shape index (κ3) is 5.23. The minimum absolute atomic E-state index is 0.00132. The van der Waals surface area contributed by atoms with Crippen LogP contribution in [-0.4, -0.2) is 42.3 Å². The van der Waals surface area contributed by atoms with E-state index in [1.807, 2.05) is 30.1 Å². The third-order valence-electron chi connectivity index (χ3n) is 5.42. The van der Waals surface area contributed by atoms with Crippen molar-refractivity contribution in [3.05, 3.63) is 35.9 Å². The first-order chi connectivity index (χ1) is 11.4. The minimum Gasteiger partial charge on any atom is -0.396 e. The maximum Gasteiger partial charge on any atom is 0.317 e. The van der Waals surface area contributed by atoms with E-state index in [9.17, 15) is 9.90 Å². The molecule has 0 spiro atoms. The Morgan fingerprint density at radius 1 is 1.29 bits per heavy atom. The molecule has 2 rings (SSSR count). The Morgan fingerprint density at radius 2 is 1.92 bits per heavy atom. The van der Waals surface area contributed by atoms with Crippen molar-refractivity contribution >= 4 is 6.03 Å². The summed E-state index contributed by atoms with van der Waals surface area (Å²) >= 11 is 0. The Hall–Kier alpha value is -1.55. The Balaban J connectivity index is 1.86. The van der Waals surface area contributed by atoms with Gasteiger partial charge in [0.25, 0.3) is 0 Å². The van der Waals surface area contributed by atoms with Crippen LogP contribution >= 0.6 is 0 Å². The van der Waals surface area contributed by atoms with Gasteiger partial charge in [0, 0.05) is 32.2 Å². The molecule has 4 nitrogen and oxygen atoms in total. The Morgan fingerprint density at radius 3 is 2.50 bits per heavy atom. The second-order valence-corrected chi connectivity index (χ2v) is 7.81. The highest BCUT2D eigenvalue weighted by molar-refractivity contribution is 5.74. The van der Waals surface area contributed by atoms with Crippen LogP contribution in [0.2, 0.25) is 0 Å². The smallest absolute Gasteiger partial charge is 0.317 e. The van der Waals surface area contributed by atoms with Gasteiger partial charge in [0.1, 0.15) is 0 Å². The molecule has 1 unspecified atom stereocenters. The summed E-state index contributed by atoms with van der Waals surface area (Å²) in [5, 5.41) is 12.4. The lowest BCUT2D eigenvalue weighted by molar-refractivity contribution is 0.134. The first kappa shape index (κ1) is 18.8.